The summed E-state index contributed by atoms with van der Waals surface area (Å²) < 4.78 is 0. The number of hydrogen-bond donors (Lipinski definition) is 1. The van der Waals surface area contributed by atoms with E-state index in [1.807, 2.05) is 37.4 Å². The van der Waals surface area contributed by atoms with Crippen LogP contribution in [0.25, 0.3) is 11.4 Å². The van der Waals surface area contributed by atoms with Gasteiger partial charge in [0.1, 0.15) is 11.6 Å². The first-order valence-electron chi connectivity index (χ1n) is 9.51. The molecule has 7 heteroatoms. The third kappa shape index (κ3) is 3.94. The van der Waals surface area contributed by atoms with E-state index >= 15 is 0 Å². The second-order valence-electron chi connectivity index (χ2n) is 7.11. The van der Waals surface area contributed by atoms with Gasteiger partial charge in [0.25, 0.3) is 5.56 Å². The number of aromatic nitrogens is 4. The minimum absolute atomic E-state index is 0.101. The highest BCUT2D eigenvalue weighted by molar-refractivity contribution is 5.56. The molecular formula is C21H24N6O. The van der Waals surface area contributed by atoms with Crippen LogP contribution in [0.5, 0.6) is 0 Å². The topological polar surface area (TPSA) is 78.0 Å². The van der Waals surface area contributed by atoms with Crippen molar-refractivity contribution in [1.82, 2.24) is 24.8 Å². The van der Waals surface area contributed by atoms with Crippen LogP contribution in [-0.4, -0.2) is 51.0 Å². The monoisotopic (exact) mass is 376 g/mol. The fourth-order valence-corrected chi connectivity index (χ4v) is 3.35. The zero-order valence-corrected chi connectivity index (χ0v) is 16.2. The number of hydrogen-bond acceptors (Lipinski definition) is 6. The second kappa shape index (κ2) is 7.90. The number of pyridine rings is 2. The first-order chi connectivity index (χ1) is 13.6. The lowest BCUT2D eigenvalue weighted by atomic mass is 10.2. The Kier molecular flexibility index (Phi) is 5.16. The Balaban J connectivity index is 1.40. The lowest BCUT2D eigenvalue weighted by Gasteiger charge is -2.35. The van der Waals surface area contributed by atoms with E-state index in [-0.39, 0.29) is 5.56 Å². The number of piperazine rings is 1. The zero-order chi connectivity index (χ0) is 19.5. The van der Waals surface area contributed by atoms with E-state index < -0.39 is 0 Å². The lowest BCUT2D eigenvalue weighted by Crippen LogP contribution is -2.46. The molecule has 1 fully saturated rings. The van der Waals surface area contributed by atoms with E-state index in [0.29, 0.717) is 11.4 Å². The number of nitrogens with one attached hydrogen (secondary N) is 1. The number of aromatic amines is 1. The molecule has 4 heterocycles. The summed E-state index contributed by atoms with van der Waals surface area (Å²) in [4.78, 5) is 33.0. The highest BCUT2D eigenvalue weighted by atomic mass is 16.1. The van der Waals surface area contributed by atoms with E-state index in [4.69, 9.17) is 0 Å². The minimum Gasteiger partial charge on any atom is -0.354 e. The van der Waals surface area contributed by atoms with E-state index in [1.54, 1.807) is 13.1 Å². The van der Waals surface area contributed by atoms with Gasteiger partial charge in [0.2, 0.25) is 0 Å². The van der Waals surface area contributed by atoms with Crippen LogP contribution in [0.2, 0.25) is 0 Å². The molecule has 3 aromatic rings. The minimum atomic E-state index is -0.101. The first kappa shape index (κ1) is 18.3. The first-order valence-corrected chi connectivity index (χ1v) is 9.51. The molecule has 1 N–H and O–H groups in total. The average Bonchev–Trinajstić information content (AvgIpc) is 2.73. The summed E-state index contributed by atoms with van der Waals surface area (Å²) in [6.07, 6.45) is 3.62. The van der Waals surface area contributed by atoms with Crippen LogP contribution in [0.3, 0.4) is 0 Å². The number of H-pyrrole nitrogens is 1. The summed E-state index contributed by atoms with van der Waals surface area (Å²) in [7, 11) is 0. The smallest absolute Gasteiger partial charge is 0.254 e. The van der Waals surface area contributed by atoms with E-state index in [2.05, 4.69) is 35.8 Å². The summed E-state index contributed by atoms with van der Waals surface area (Å²) in [5.74, 6) is 1.51. The maximum atomic E-state index is 12.0. The maximum absolute atomic E-state index is 12.0. The third-order valence-corrected chi connectivity index (χ3v) is 5.22. The standard InChI is InChI=1S/C21H24N6O/c1-15-16(2)24-20(25-21(15)28)17-6-7-19(23-13-17)27-11-9-26(10-12-27)14-18-5-3-4-8-22-18/h3-8,13H,9-12,14H2,1-2H3,(H,24,25,28). The second-order valence-corrected chi connectivity index (χ2v) is 7.11. The summed E-state index contributed by atoms with van der Waals surface area (Å²) in [5, 5.41) is 0. The number of rotatable bonds is 4. The van der Waals surface area contributed by atoms with Crippen LogP contribution in [0.4, 0.5) is 5.82 Å². The number of nitrogens with zero attached hydrogens (tertiary/aromatic N) is 5. The van der Waals surface area contributed by atoms with Gasteiger partial charge < -0.3 is 9.88 Å². The van der Waals surface area contributed by atoms with Crippen molar-refractivity contribution in [2.75, 3.05) is 31.1 Å². The molecule has 4 rings (SSSR count). The largest absolute Gasteiger partial charge is 0.354 e. The van der Waals surface area contributed by atoms with Crippen LogP contribution in [0.15, 0.2) is 47.5 Å². The van der Waals surface area contributed by atoms with Gasteiger partial charge in [0.05, 0.1) is 5.69 Å². The van der Waals surface area contributed by atoms with Gasteiger partial charge in [-0.15, -0.1) is 0 Å². The van der Waals surface area contributed by atoms with Crippen molar-refractivity contribution in [3.8, 4) is 11.4 Å². The van der Waals surface area contributed by atoms with Crippen LogP contribution < -0.4 is 10.5 Å². The van der Waals surface area contributed by atoms with Crippen molar-refractivity contribution in [1.29, 1.82) is 0 Å². The Labute approximate surface area is 164 Å². The Morgan fingerprint density at radius 3 is 2.50 bits per heavy atom. The predicted octanol–water partition coefficient (Wildman–Crippen LogP) is 2.17. The van der Waals surface area contributed by atoms with Crippen molar-refractivity contribution < 1.29 is 0 Å². The van der Waals surface area contributed by atoms with Gasteiger partial charge in [0, 0.05) is 61.9 Å². The van der Waals surface area contributed by atoms with Gasteiger partial charge in [-0.1, -0.05) is 6.07 Å². The fourth-order valence-electron chi connectivity index (χ4n) is 3.35. The van der Waals surface area contributed by atoms with Gasteiger partial charge >= 0.3 is 0 Å². The summed E-state index contributed by atoms with van der Waals surface area (Å²) in [5.41, 5.74) is 3.21. The molecule has 1 aliphatic rings. The lowest BCUT2D eigenvalue weighted by molar-refractivity contribution is 0.246. The molecule has 0 aromatic carbocycles. The third-order valence-electron chi connectivity index (χ3n) is 5.22. The van der Waals surface area contributed by atoms with E-state index in [9.17, 15) is 4.79 Å². The molecule has 28 heavy (non-hydrogen) atoms. The van der Waals surface area contributed by atoms with Crippen molar-refractivity contribution >= 4 is 5.82 Å². The van der Waals surface area contributed by atoms with Crippen molar-refractivity contribution in [2.45, 2.75) is 20.4 Å². The molecule has 144 valence electrons. The molecule has 0 spiro atoms. The molecule has 0 unspecified atom stereocenters. The number of anilines is 1. The summed E-state index contributed by atoms with van der Waals surface area (Å²) in [6, 6.07) is 10.0. The fraction of sp³-hybridized carbons (Fsp3) is 0.333. The molecule has 1 aliphatic heterocycles. The molecule has 3 aromatic heterocycles. The zero-order valence-electron chi connectivity index (χ0n) is 16.2. The van der Waals surface area contributed by atoms with Gasteiger partial charge in [-0.25, -0.2) is 9.97 Å². The van der Waals surface area contributed by atoms with Crippen molar-refractivity contribution in [2.24, 2.45) is 0 Å². The Hall–Kier alpha value is -3.06. The molecule has 0 aliphatic carbocycles. The SMILES string of the molecule is Cc1nc(-c2ccc(N3CCN(Cc4ccccn4)CC3)nc2)[nH]c(=O)c1C. The van der Waals surface area contributed by atoms with E-state index in [1.165, 1.54) is 0 Å². The summed E-state index contributed by atoms with van der Waals surface area (Å²) >= 11 is 0. The molecule has 1 saturated heterocycles. The van der Waals surface area contributed by atoms with Gasteiger partial charge in [-0.05, 0) is 38.1 Å². The normalized spacial score (nSPS) is 15.0. The predicted molar refractivity (Wildman–Crippen MR) is 109 cm³/mol. The molecule has 7 nitrogen and oxygen atoms in total. The van der Waals surface area contributed by atoms with Crippen LogP contribution >= 0.6 is 0 Å². The Morgan fingerprint density at radius 2 is 1.86 bits per heavy atom. The van der Waals surface area contributed by atoms with Crippen molar-refractivity contribution in [3.05, 3.63) is 70.0 Å². The molecule has 0 radical (unpaired) electrons. The molecule has 0 bridgehead atoms. The van der Waals surface area contributed by atoms with E-state index in [0.717, 1.165) is 55.5 Å². The molecule has 0 atom stereocenters. The Bertz CT molecular complexity index is 992. The maximum Gasteiger partial charge on any atom is 0.254 e. The van der Waals surface area contributed by atoms with Crippen LogP contribution in [0, 0.1) is 13.8 Å². The van der Waals surface area contributed by atoms with Gasteiger partial charge in [-0.3, -0.25) is 14.7 Å². The van der Waals surface area contributed by atoms with Crippen molar-refractivity contribution in [3.63, 3.8) is 0 Å². The van der Waals surface area contributed by atoms with Gasteiger partial charge in [-0.2, -0.15) is 0 Å². The molecule has 0 saturated carbocycles. The quantitative estimate of drug-likeness (QED) is 0.752. The molecular weight excluding hydrogens is 352 g/mol. The summed E-state index contributed by atoms with van der Waals surface area (Å²) in [6.45, 7) is 8.32. The average molecular weight is 376 g/mol. The van der Waals surface area contributed by atoms with Crippen LogP contribution in [0.1, 0.15) is 17.0 Å². The highest BCUT2D eigenvalue weighted by Crippen LogP contribution is 2.19. The number of aryl methyl sites for hydroxylation is 1. The highest BCUT2D eigenvalue weighted by Gasteiger charge is 2.18. The van der Waals surface area contributed by atoms with Crippen LogP contribution in [-0.2, 0) is 6.54 Å². The molecule has 0 amide bonds. The van der Waals surface area contributed by atoms with Gasteiger partial charge in [0.15, 0.2) is 0 Å². The Morgan fingerprint density at radius 1 is 1.04 bits per heavy atom.